The summed E-state index contributed by atoms with van der Waals surface area (Å²) in [5.74, 6) is -5.62. The first-order chi connectivity index (χ1) is 7.90. The Morgan fingerprint density at radius 1 is 1.47 bits per heavy atom. The first kappa shape index (κ1) is 13.4. The van der Waals surface area contributed by atoms with Crippen LogP contribution in [-0.4, -0.2) is 24.1 Å². The van der Waals surface area contributed by atoms with Crippen molar-refractivity contribution < 1.29 is 23.4 Å². The van der Waals surface area contributed by atoms with Crippen LogP contribution in [-0.2, 0) is 17.6 Å². The van der Waals surface area contributed by atoms with Crippen molar-refractivity contribution in [3.05, 3.63) is 29.3 Å². The predicted molar refractivity (Wildman–Crippen MR) is 58.7 cm³/mol. The Morgan fingerprint density at radius 2 is 2.12 bits per heavy atom. The molecule has 1 aromatic carbocycles. The Balaban J connectivity index is 3.07. The van der Waals surface area contributed by atoms with E-state index in [2.05, 4.69) is 0 Å². The molecule has 0 amide bonds. The lowest BCUT2D eigenvalue weighted by molar-refractivity contribution is -0.164. The number of hydrogen-bond donors (Lipinski definition) is 1. The molecule has 0 aliphatic carbocycles. The van der Waals surface area contributed by atoms with Gasteiger partial charge < -0.3 is 9.84 Å². The topological polar surface area (TPSA) is 46.5 Å². The number of carboxylic acids is 1. The minimum Gasteiger partial charge on any atom is -0.496 e. The Bertz CT molecular complexity index is 416. The van der Waals surface area contributed by atoms with Gasteiger partial charge in [-0.25, -0.2) is 4.79 Å². The molecule has 0 spiro atoms. The highest BCUT2D eigenvalue weighted by Gasteiger charge is 2.39. The minimum atomic E-state index is -3.78. The van der Waals surface area contributed by atoms with Crippen molar-refractivity contribution in [3.8, 4) is 5.75 Å². The second-order valence-corrected chi connectivity index (χ2v) is 3.69. The lowest BCUT2D eigenvalue weighted by Crippen LogP contribution is -2.30. The molecule has 0 aliphatic rings. The molecule has 3 nitrogen and oxygen atoms in total. The number of ether oxygens (including phenoxy) is 1. The lowest BCUT2D eigenvalue weighted by Gasteiger charge is -2.14. The molecule has 0 fully saturated rings. The van der Waals surface area contributed by atoms with E-state index in [0.717, 1.165) is 5.56 Å². The predicted octanol–water partition coefficient (Wildman–Crippen LogP) is 2.52. The summed E-state index contributed by atoms with van der Waals surface area (Å²) in [5, 5.41) is 8.40. The van der Waals surface area contributed by atoms with Crippen molar-refractivity contribution >= 4 is 5.97 Å². The summed E-state index contributed by atoms with van der Waals surface area (Å²) in [6.07, 6.45) is -0.172. The van der Waals surface area contributed by atoms with Gasteiger partial charge in [0.1, 0.15) is 5.75 Å². The van der Waals surface area contributed by atoms with Gasteiger partial charge in [-0.15, -0.1) is 0 Å². The molecule has 0 radical (unpaired) electrons. The van der Waals surface area contributed by atoms with Gasteiger partial charge in [0.25, 0.3) is 0 Å². The quantitative estimate of drug-likeness (QED) is 0.865. The molecular weight excluding hydrogens is 230 g/mol. The number of hydrogen-bond acceptors (Lipinski definition) is 2. The van der Waals surface area contributed by atoms with Crippen LogP contribution < -0.4 is 4.74 Å². The van der Waals surface area contributed by atoms with E-state index in [1.165, 1.54) is 7.11 Å². The van der Waals surface area contributed by atoms with Gasteiger partial charge in [0, 0.05) is 5.56 Å². The highest BCUT2D eigenvalue weighted by Crippen LogP contribution is 2.28. The molecule has 17 heavy (non-hydrogen) atoms. The van der Waals surface area contributed by atoms with Gasteiger partial charge in [0.2, 0.25) is 0 Å². The van der Waals surface area contributed by atoms with Crippen molar-refractivity contribution in [1.82, 2.24) is 0 Å². The average molecular weight is 244 g/mol. The molecule has 1 aromatic rings. The summed E-state index contributed by atoms with van der Waals surface area (Å²) in [6.45, 7) is 1.89. The standard InChI is InChI=1S/C12H14F2O3/c1-3-8-4-5-10(17-2)9(6-8)7-12(13,14)11(15)16/h4-6H,3,7H2,1-2H3,(H,15,16). The first-order valence-corrected chi connectivity index (χ1v) is 5.17. The molecule has 0 saturated heterocycles. The van der Waals surface area contributed by atoms with Crippen LogP contribution in [0.1, 0.15) is 18.1 Å². The van der Waals surface area contributed by atoms with Gasteiger partial charge >= 0.3 is 11.9 Å². The zero-order chi connectivity index (χ0) is 13.1. The third kappa shape index (κ3) is 3.15. The number of methoxy groups -OCH3 is 1. The van der Waals surface area contributed by atoms with Crippen LogP contribution in [0.2, 0.25) is 0 Å². The van der Waals surface area contributed by atoms with Crippen molar-refractivity contribution in [1.29, 1.82) is 0 Å². The summed E-state index contributed by atoms with van der Waals surface area (Å²) in [7, 11) is 1.36. The molecule has 1 rings (SSSR count). The molecule has 0 bridgehead atoms. The van der Waals surface area contributed by atoms with Gasteiger partial charge in [-0.2, -0.15) is 8.78 Å². The number of carbonyl (C=O) groups is 1. The molecule has 94 valence electrons. The molecule has 1 N–H and O–H groups in total. The highest BCUT2D eigenvalue weighted by atomic mass is 19.3. The molecule has 0 unspecified atom stereocenters. The fourth-order valence-electron chi connectivity index (χ4n) is 1.50. The summed E-state index contributed by atoms with van der Waals surface area (Å²) < 4.78 is 31.2. The summed E-state index contributed by atoms with van der Waals surface area (Å²) in [6, 6.07) is 4.89. The Hall–Kier alpha value is -1.65. The average Bonchev–Trinajstić information content (AvgIpc) is 2.28. The smallest absolute Gasteiger partial charge is 0.374 e. The Kier molecular flexibility index (Phi) is 4.04. The van der Waals surface area contributed by atoms with E-state index in [1.807, 2.05) is 6.92 Å². The largest absolute Gasteiger partial charge is 0.496 e. The van der Waals surface area contributed by atoms with E-state index in [0.29, 0.717) is 6.42 Å². The normalized spacial score (nSPS) is 11.3. The molecule has 0 aromatic heterocycles. The molecule has 0 atom stereocenters. The third-order valence-electron chi connectivity index (χ3n) is 2.48. The Morgan fingerprint density at radius 3 is 2.59 bits per heavy atom. The van der Waals surface area contributed by atoms with Crippen molar-refractivity contribution in [2.75, 3.05) is 7.11 Å². The van der Waals surface area contributed by atoms with Crippen LogP contribution in [0.4, 0.5) is 8.78 Å². The van der Waals surface area contributed by atoms with Gasteiger partial charge in [-0.3, -0.25) is 0 Å². The van der Waals surface area contributed by atoms with Gasteiger partial charge in [0.05, 0.1) is 13.5 Å². The van der Waals surface area contributed by atoms with Gasteiger partial charge in [-0.1, -0.05) is 19.1 Å². The lowest BCUT2D eigenvalue weighted by atomic mass is 10.0. The Labute approximate surface area is 98.0 Å². The van der Waals surface area contributed by atoms with Crippen LogP contribution in [0.3, 0.4) is 0 Å². The van der Waals surface area contributed by atoms with Crippen LogP contribution in [0.15, 0.2) is 18.2 Å². The number of alkyl halides is 2. The molecule has 0 heterocycles. The molecule has 5 heteroatoms. The van der Waals surface area contributed by atoms with E-state index in [9.17, 15) is 13.6 Å². The number of carboxylic acid groups (broad SMARTS) is 1. The summed E-state index contributed by atoms with van der Waals surface area (Å²) >= 11 is 0. The summed E-state index contributed by atoms with van der Waals surface area (Å²) in [5.41, 5.74) is 1.07. The molecule has 0 saturated carbocycles. The second-order valence-electron chi connectivity index (χ2n) is 3.69. The van der Waals surface area contributed by atoms with E-state index in [-0.39, 0.29) is 11.3 Å². The fraction of sp³-hybridized carbons (Fsp3) is 0.417. The maximum atomic E-state index is 13.1. The van der Waals surface area contributed by atoms with E-state index < -0.39 is 18.3 Å². The van der Waals surface area contributed by atoms with Gasteiger partial charge in [0.15, 0.2) is 0 Å². The zero-order valence-corrected chi connectivity index (χ0v) is 9.67. The first-order valence-electron chi connectivity index (χ1n) is 5.17. The maximum Gasteiger partial charge on any atom is 0.374 e. The van der Waals surface area contributed by atoms with Gasteiger partial charge in [-0.05, 0) is 18.1 Å². The number of halogens is 2. The van der Waals surface area contributed by atoms with E-state index >= 15 is 0 Å². The molecule has 0 aliphatic heterocycles. The van der Waals surface area contributed by atoms with Crippen molar-refractivity contribution in [2.24, 2.45) is 0 Å². The SMILES string of the molecule is CCc1ccc(OC)c(CC(F)(F)C(=O)O)c1. The number of aliphatic carboxylic acids is 1. The maximum absolute atomic E-state index is 13.1. The monoisotopic (exact) mass is 244 g/mol. The fourth-order valence-corrected chi connectivity index (χ4v) is 1.50. The van der Waals surface area contributed by atoms with Crippen molar-refractivity contribution in [2.45, 2.75) is 25.7 Å². The van der Waals surface area contributed by atoms with Crippen LogP contribution in [0.25, 0.3) is 0 Å². The van der Waals surface area contributed by atoms with Crippen LogP contribution >= 0.6 is 0 Å². The highest BCUT2D eigenvalue weighted by molar-refractivity contribution is 5.75. The number of aryl methyl sites for hydroxylation is 1. The van der Waals surface area contributed by atoms with E-state index in [4.69, 9.17) is 9.84 Å². The third-order valence-corrected chi connectivity index (χ3v) is 2.48. The van der Waals surface area contributed by atoms with E-state index in [1.54, 1.807) is 18.2 Å². The molecular formula is C12H14F2O3. The van der Waals surface area contributed by atoms with Crippen LogP contribution in [0, 0.1) is 0 Å². The number of rotatable bonds is 5. The number of benzene rings is 1. The summed E-state index contributed by atoms with van der Waals surface area (Å²) in [4.78, 5) is 10.4. The second kappa shape index (κ2) is 5.12. The van der Waals surface area contributed by atoms with Crippen LogP contribution in [0.5, 0.6) is 5.75 Å². The zero-order valence-electron chi connectivity index (χ0n) is 9.67. The van der Waals surface area contributed by atoms with Crippen molar-refractivity contribution in [3.63, 3.8) is 0 Å². The minimum absolute atomic E-state index is 0.208.